The normalized spacial score (nSPS) is 18.8. The fourth-order valence-electron chi connectivity index (χ4n) is 6.88. The van der Waals surface area contributed by atoms with Crippen LogP contribution in [0.15, 0.2) is 84.9 Å². The van der Waals surface area contributed by atoms with Crippen LogP contribution in [0.25, 0.3) is 11.1 Å². The molecular weight excluding hydrogens is 648 g/mol. The van der Waals surface area contributed by atoms with Crippen molar-refractivity contribution in [1.29, 1.82) is 0 Å². The van der Waals surface area contributed by atoms with Gasteiger partial charge in [0.25, 0.3) is 0 Å². The van der Waals surface area contributed by atoms with Gasteiger partial charge in [-0.1, -0.05) is 72.8 Å². The maximum Gasteiger partial charge on any atom is 0.303 e. The zero-order chi connectivity index (χ0) is 35.7. The fraction of sp³-hybridized carbons (Fsp3) is 0.366. The van der Waals surface area contributed by atoms with E-state index in [-0.39, 0.29) is 37.6 Å². The van der Waals surface area contributed by atoms with Gasteiger partial charge in [0.15, 0.2) is 17.8 Å². The summed E-state index contributed by atoms with van der Waals surface area (Å²) in [6.07, 6.45) is 1.19. The standard InChI is InChI=1S/C41H46N2O8/c1-48-37-20-31-18-19-43(24-33(31)21-38(37)49-2)25-34-22-36(29-12-10-27(26-44)11-13-29)51-41(50-34)30-16-14-28(15-17-30)35-7-4-3-6-32(35)23-42-39(45)8-5-9-40(46)47/h3-4,6-7,10-17,20-21,34,36,41,44H,5,8-9,18-19,22-26H2,1-2H3,(H,42,45)(H,46,47)/t34-,36+,41+/m0/s1. The van der Waals surface area contributed by atoms with Gasteiger partial charge in [0.2, 0.25) is 5.91 Å². The zero-order valence-electron chi connectivity index (χ0n) is 29.2. The number of rotatable bonds is 14. The highest BCUT2D eigenvalue weighted by Gasteiger charge is 2.34. The van der Waals surface area contributed by atoms with Crippen molar-refractivity contribution in [2.45, 2.75) is 70.3 Å². The van der Waals surface area contributed by atoms with Crippen molar-refractivity contribution in [1.82, 2.24) is 10.2 Å². The van der Waals surface area contributed by atoms with Gasteiger partial charge in [-0.25, -0.2) is 0 Å². The number of fused-ring (bicyclic) bond motifs is 1. The van der Waals surface area contributed by atoms with E-state index < -0.39 is 12.3 Å². The van der Waals surface area contributed by atoms with Gasteiger partial charge in [-0.2, -0.15) is 0 Å². The lowest BCUT2D eigenvalue weighted by Crippen LogP contribution is -2.41. The second-order valence-corrected chi connectivity index (χ2v) is 13.1. The first-order valence-corrected chi connectivity index (χ1v) is 17.5. The third-order valence-corrected chi connectivity index (χ3v) is 9.66. The van der Waals surface area contributed by atoms with Crippen LogP contribution in [0.3, 0.4) is 0 Å². The number of carbonyl (C=O) groups is 2. The van der Waals surface area contributed by atoms with Gasteiger partial charge in [-0.05, 0) is 63.9 Å². The Kier molecular flexibility index (Phi) is 12.0. The Balaban J connectivity index is 1.17. The topological polar surface area (TPSA) is 127 Å². The number of methoxy groups -OCH3 is 2. The minimum atomic E-state index is -0.903. The zero-order valence-corrected chi connectivity index (χ0v) is 29.2. The minimum absolute atomic E-state index is 0.0120. The van der Waals surface area contributed by atoms with Gasteiger partial charge in [0.05, 0.1) is 33.0 Å². The third kappa shape index (κ3) is 9.14. The van der Waals surface area contributed by atoms with Crippen LogP contribution in [-0.4, -0.2) is 60.4 Å². The van der Waals surface area contributed by atoms with Crippen LogP contribution in [0.4, 0.5) is 0 Å². The number of nitrogens with one attached hydrogen (secondary N) is 1. The number of aliphatic hydroxyl groups excluding tert-OH is 1. The number of ether oxygens (including phenoxy) is 4. The first-order valence-electron chi connectivity index (χ1n) is 17.5. The van der Waals surface area contributed by atoms with Gasteiger partial charge >= 0.3 is 5.97 Å². The molecule has 3 N–H and O–H groups in total. The van der Waals surface area contributed by atoms with E-state index in [1.807, 2.05) is 72.8 Å². The first-order chi connectivity index (χ1) is 24.8. The van der Waals surface area contributed by atoms with Crippen LogP contribution in [-0.2, 0) is 45.2 Å². The van der Waals surface area contributed by atoms with Crippen molar-refractivity contribution in [3.63, 3.8) is 0 Å². The highest BCUT2D eigenvalue weighted by molar-refractivity contribution is 5.77. The van der Waals surface area contributed by atoms with E-state index >= 15 is 0 Å². The second kappa shape index (κ2) is 17.0. The smallest absolute Gasteiger partial charge is 0.303 e. The van der Waals surface area contributed by atoms with Crippen molar-refractivity contribution in [2.24, 2.45) is 0 Å². The predicted octanol–water partition coefficient (Wildman–Crippen LogP) is 6.34. The molecule has 0 aromatic heterocycles. The average molecular weight is 695 g/mol. The summed E-state index contributed by atoms with van der Waals surface area (Å²) in [4.78, 5) is 25.6. The SMILES string of the molecule is COc1cc2c(cc1OC)CN(C[C@@H]1C[C@H](c3ccc(CO)cc3)O[C@H](c3ccc(-c4ccccc4CNC(=O)CCCC(=O)O)cc3)O1)CC2. The number of hydrogen-bond donors (Lipinski definition) is 3. The number of aliphatic hydroxyl groups is 1. The highest BCUT2D eigenvalue weighted by Crippen LogP contribution is 2.40. The fourth-order valence-corrected chi connectivity index (χ4v) is 6.88. The molecule has 51 heavy (non-hydrogen) atoms. The molecule has 10 nitrogen and oxygen atoms in total. The molecule has 0 aliphatic carbocycles. The van der Waals surface area contributed by atoms with Crippen molar-refractivity contribution in [3.05, 3.63) is 118 Å². The molecule has 1 fully saturated rings. The quantitative estimate of drug-likeness (QED) is 0.139. The number of aliphatic carboxylic acids is 1. The lowest BCUT2D eigenvalue weighted by Gasteiger charge is -2.39. The van der Waals surface area contributed by atoms with Crippen LogP contribution >= 0.6 is 0 Å². The highest BCUT2D eigenvalue weighted by atomic mass is 16.7. The van der Waals surface area contributed by atoms with Crippen molar-refractivity contribution < 1.29 is 38.7 Å². The van der Waals surface area contributed by atoms with Crippen molar-refractivity contribution in [3.8, 4) is 22.6 Å². The summed E-state index contributed by atoms with van der Waals surface area (Å²) in [5.74, 6) is 0.411. The molecule has 1 saturated heterocycles. The molecule has 4 aromatic rings. The predicted molar refractivity (Wildman–Crippen MR) is 192 cm³/mol. The summed E-state index contributed by atoms with van der Waals surface area (Å²) in [5, 5.41) is 21.4. The number of carboxylic acid groups (broad SMARTS) is 1. The van der Waals surface area contributed by atoms with Crippen LogP contribution in [0.5, 0.6) is 11.5 Å². The van der Waals surface area contributed by atoms with Gasteiger partial charge in [0.1, 0.15) is 0 Å². The third-order valence-electron chi connectivity index (χ3n) is 9.66. The Morgan fingerprint density at radius 1 is 0.882 bits per heavy atom. The molecule has 1 amide bonds. The first kappa shape index (κ1) is 36.1. The molecule has 4 aromatic carbocycles. The maximum absolute atomic E-state index is 12.3. The molecule has 0 unspecified atom stereocenters. The molecule has 2 heterocycles. The summed E-state index contributed by atoms with van der Waals surface area (Å²) >= 11 is 0. The largest absolute Gasteiger partial charge is 0.493 e. The minimum Gasteiger partial charge on any atom is -0.493 e. The van der Waals surface area contributed by atoms with Crippen molar-refractivity contribution >= 4 is 11.9 Å². The molecule has 2 aliphatic heterocycles. The summed E-state index contributed by atoms with van der Waals surface area (Å²) < 4.78 is 24.4. The molecular formula is C41H46N2O8. The molecule has 0 spiro atoms. The van der Waals surface area contributed by atoms with E-state index in [1.165, 1.54) is 11.1 Å². The molecule has 10 heteroatoms. The van der Waals surface area contributed by atoms with Crippen LogP contribution in [0.2, 0.25) is 0 Å². The van der Waals surface area contributed by atoms with Gasteiger partial charge in [-0.3, -0.25) is 14.5 Å². The second-order valence-electron chi connectivity index (χ2n) is 13.1. The van der Waals surface area contributed by atoms with E-state index in [9.17, 15) is 14.7 Å². The molecule has 268 valence electrons. The van der Waals surface area contributed by atoms with Crippen LogP contribution < -0.4 is 14.8 Å². The molecule has 0 saturated carbocycles. The van der Waals surface area contributed by atoms with E-state index in [4.69, 9.17) is 24.1 Å². The Labute approximate surface area is 298 Å². The van der Waals surface area contributed by atoms with E-state index in [1.54, 1.807) is 14.2 Å². The molecule has 0 radical (unpaired) electrons. The monoisotopic (exact) mass is 694 g/mol. The average Bonchev–Trinajstić information content (AvgIpc) is 3.16. The van der Waals surface area contributed by atoms with Gasteiger partial charge in [0, 0.05) is 51.0 Å². The van der Waals surface area contributed by atoms with E-state index in [2.05, 4.69) is 22.3 Å². The van der Waals surface area contributed by atoms with Crippen molar-refractivity contribution in [2.75, 3.05) is 27.3 Å². The van der Waals surface area contributed by atoms with Gasteiger partial charge in [-0.15, -0.1) is 0 Å². The molecule has 3 atom stereocenters. The number of hydrogen-bond acceptors (Lipinski definition) is 8. The number of benzene rings is 4. The van der Waals surface area contributed by atoms with E-state index in [0.29, 0.717) is 19.4 Å². The summed E-state index contributed by atoms with van der Waals surface area (Å²) in [6, 6.07) is 28.2. The summed E-state index contributed by atoms with van der Waals surface area (Å²) in [7, 11) is 3.32. The Morgan fingerprint density at radius 2 is 1.59 bits per heavy atom. The number of carbonyl (C=O) groups excluding carboxylic acids is 1. The molecule has 0 bridgehead atoms. The Hall–Kier alpha value is -4.74. The lowest BCUT2D eigenvalue weighted by molar-refractivity contribution is -0.253. The van der Waals surface area contributed by atoms with E-state index in [0.717, 1.165) is 70.9 Å². The Bertz CT molecular complexity index is 1790. The summed E-state index contributed by atoms with van der Waals surface area (Å²) in [6.45, 7) is 2.76. The number of amides is 1. The molecule has 2 aliphatic rings. The number of nitrogens with zero attached hydrogens (tertiary/aromatic N) is 1. The Morgan fingerprint density at radius 3 is 2.29 bits per heavy atom. The number of carboxylic acids is 1. The van der Waals surface area contributed by atoms with Crippen LogP contribution in [0, 0.1) is 0 Å². The lowest BCUT2D eigenvalue weighted by atomic mass is 9.96. The van der Waals surface area contributed by atoms with Crippen LogP contribution in [0.1, 0.15) is 71.5 Å². The maximum atomic E-state index is 12.3. The van der Waals surface area contributed by atoms with Gasteiger partial charge < -0.3 is 34.5 Å². The molecule has 6 rings (SSSR count). The summed E-state index contributed by atoms with van der Waals surface area (Å²) in [5.41, 5.74) is 8.27.